The van der Waals surface area contributed by atoms with Crippen molar-refractivity contribution in [1.29, 1.82) is 0 Å². The number of alkyl halides is 24. The van der Waals surface area contributed by atoms with Crippen molar-refractivity contribution in [2.24, 2.45) is 0 Å². The second-order valence-corrected chi connectivity index (χ2v) is 21.3. The fourth-order valence-electron chi connectivity index (χ4n) is 9.34. The van der Waals surface area contributed by atoms with E-state index in [0.717, 1.165) is 31.9 Å². The van der Waals surface area contributed by atoms with Gasteiger partial charge in [-0.2, -0.15) is 127 Å². The molecule has 0 atom stereocenters. The third-order valence-corrected chi connectivity index (χ3v) is 15.6. The second kappa shape index (κ2) is 28.2. The van der Waals surface area contributed by atoms with Gasteiger partial charge in [0.1, 0.15) is 36.9 Å². The average molecular weight is 1350 g/mol. The molecule has 7 aromatic carbocycles. The maximum atomic E-state index is 14.2. The SMILES string of the molecule is COCCOc1ccccc1[S+](c1ccccc1OCCOC)c1ccccc1OCCOC.FC(F)(F)c1cc([B-](c2cc(C(F)(F)F)cc(C(F)(F)F)c2)(c2cc(C(F)(F)F)cc(C(F)(F)F)c2)c2cc(C(F)(F)F)cc(C(F)(F)F)c2)cc(C(F)(F)F)c1. The number of methoxy groups -OCH3 is 3. The summed E-state index contributed by atoms with van der Waals surface area (Å²) in [5.41, 5.74) is -30.2. The molecule has 0 unspecified atom stereocenters. The van der Waals surface area contributed by atoms with Gasteiger partial charge in [-0.05, 0) is 60.7 Å². The molecule has 0 spiro atoms. The number of para-hydroxylation sites is 3. The molecule has 0 N–H and O–H groups in total. The van der Waals surface area contributed by atoms with Gasteiger partial charge >= 0.3 is 49.4 Å². The van der Waals surface area contributed by atoms with Gasteiger partial charge in [0.05, 0.1) is 64.3 Å². The van der Waals surface area contributed by atoms with Crippen LogP contribution in [-0.2, 0) is 74.5 Å². The van der Waals surface area contributed by atoms with E-state index in [1.165, 1.54) is 0 Å². The molecular formula is C59H45BF24O6S. The molecule has 0 aliphatic heterocycles. The molecule has 0 radical (unpaired) electrons. The van der Waals surface area contributed by atoms with E-state index in [0.29, 0.717) is 39.6 Å². The summed E-state index contributed by atoms with van der Waals surface area (Å²) in [7, 11) is 4.44. The van der Waals surface area contributed by atoms with Gasteiger partial charge in [-0.15, -0.1) is 0 Å². The van der Waals surface area contributed by atoms with Crippen molar-refractivity contribution >= 4 is 38.9 Å². The Bertz CT molecular complexity index is 3030. The minimum Gasteiger partial charge on any atom is -0.486 e. The summed E-state index contributed by atoms with van der Waals surface area (Å²) in [4.78, 5) is 3.14. The van der Waals surface area contributed by atoms with Crippen LogP contribution >= 0.6 is 0 Å². The first kappa shape index (κ1) is 72.6. The molecule has 7 rings (SSSR count). The zero-order valence-electron chi connectivity index (χ0n) is 46.6. The van der Waals surface area contributed by atoms with E-state index in [1.807, 2.05) is 54.6 Å². The number of hydrogen-bond donors (Lipinski definition) is 0. The Hall–Kier alpha value is -7.45. The number of rotatable bonds is 19. The van der Waals surface area contributed by atoms with Crippen LogP contribution in [0.4, 0.5) is 105 Å². The molecule has 0 amide bonds. The Morgan fingerprint density at radius 1 is 0.264 bits per heavy atom. The molecule has 91 heavy (non-hydrogen) atoms. The Morgan fingerprint density at radius 3 is 0.604 bits per heavy atom. The van der Waals surface area contributed by atoms with E-state index in [9.17, 15) is 105 Å². The van der Waals surface area contributed by atoms with Gasteiger partial charge in [0.15, 0.2) is 17.2 Å². The number of hydrogen-bond acceptors (Lipinski definition) is 6. The van der Waals surface area contributed by atoms with Crippen LogP contribution in [0.3, 0.4) is 0 Å². The molecule has 32 heteroatoms. The lowest BCUT2D eigenvalue weighted by atomic mass is 9.12. The Balaban J connectivity index is 0.000000329. The lowest BCUT2D eigenvalue weighted by Crippen LogP contribution is -2.75. The molecule has 0 aliphatic carbocycles. The minimum absolute atomic E-state index is 0.461. The van der Waals surface area contributed by atoms with E-state index in [2.05, 4.69) is 18.2 Å². The molecule has 0 aromatic heterocycles. The summed E-state index contributed by atoms with van der Waals surface area (Å²) >= 11 is 0. The normalized spacial score (nSPS) is 13.1. The van der Waals surface area contributed by atoms with Gasteiger partial charge in [0.2, 0.25) is 14.7 Å². The van der Waals surface area contributed by atoms with Crippen LogP contribution < -0.4 is 36.1 Å². The third kappa shape index (κ3) is 18.0. The standard InChI is InChI=1S/C32H12BF24.C27H33O6S/c34-25(35,36)13-1-14(26(37,38)39)6-21(5-13)33(22-7-15(27(40,41)42)2-16(8-22)28(43,44)45,23-9-17(29(46,47)48)3-18(10-23)30(49,50)51)24-11-19(31(52,53)54)4-20(12-24)32(55,56)57;1-28-16-19-31-22-10-4-7-13-25(22)34(26-14-8-5-11-23(26)32-20-17-29-2)27-15-9-6-12-24(27)33-21-18-30-3/h1-12H;4-15H,16-21H2,1-3H3/q-1;+1. The van der Waals surface area contributed by atoms with E-state index in [1.54, 1.807) is 21.3 Å². The molecule has 0 aliphatic rings. The van der Waals surface area contributed by atoms with Gasteiger partial charge < -0.3 is 28.4 Å². The largest absolute Gasteiger partial charge is 0.486 e. The van der Waals surface area contributed by atoms with Crippen molar-refractivity contribution in [1.82, 2.24) is 0 Å². The first-order valence-electron chi connectivity index (χ1n) is 25.8. The fraction of sp³-hybridized carbons (Fsp3) is 0.288. The lowest BCUT2D eigenvalue weighted by Gasteiger charge is -2.46. The highest BCUT2D eigenvalue weighted by Gasteiger charge is 2.48. The molecular weight excluding hydrogens is 1300 g/mol. The molecule has 6 nitrogen and oxygen atoms in total. The highest BCUT2D eigenvalue weighted by molar-refractivity contribution is 7.97. The minimum atomic E-state index is -6.13. The summed E-state index contributed by atoms with van der Waals surface area (Å²) in [5.74, 6) is 2.42. The maximum Gasteiger partial charge on any atom is 0.416 e. The number of halogens is 24. The first-order valence-corrected chi connectivity index (χ1v) is 27.0. The van der Waals surface area contributed by atoms with Crippen LogP contribution in [0, 0.1) is 0 Å². The zero-order chi connectivity index (χ0) is 67.9. The monoisotopic (exact) mass is 1350 g/mol. The summed E-state index contributed by atoms with van der Waals surface area (Å²) in [5, 5.41) is 0. The lowest BCUT2D eigenvalue weighted by molar-refractivity contribution is -0.144. The predicted octanol–water partition coefficient (Wildman–Crippen LogP) is 16.1. The van der Waals surface area contributed by atoms with Gasteiger partial charge in [-0.25, -0.2) is 0 Å². The highest BCUT2D eigenvalue weighted by atomic mass is 32.2. The second-order valence-electron chi connectivity index (χ2n) is 19.4. The Morgan fingerprint density at radius 2 is 0.440 bits per heavy atom. The van der Waals surface area contributed by atoms with Crippen molar-refractivity contribution in [2.45, 2.75) is 64.1 Å². The quantitative estimate of drug-likeness (QED) is 0.0348. The van der Waals surface area contributed by atoms with Crippen molar-refractivity contribution in [3.63, 3.8) is 0 Å². The molecule has 0 fully saturated rings. The van der Waals surface area contributed by atoms with Gasteiger partial charge in [0.25, 0.3) is 0 Å². The van der Waals surface area contributed by atoms with E-state index in [-0.39, 0.29) is 0 Å². The van der Waals surface area contributed by atoms with Gasteiger partial charge in [0, 0.05) is 21.3 Å². The Labute approximate surface area is 503 Å². The molecule has 0 heterocycles. The number of ether oxygens (including phenoxy) is 6. The van der Waals surface area contributed by atoms with Crippen LogP contribution in [0.5, 0.6) is 17.2 Å². The molecule has 494 valence electrons. The molecule has 0 saturated heterocycles. The third-order valence-electron chi connectivity index (χ3n) is 13.3. The van der Waals surface area contributed by atoms with Crippen LogP contribution in [0.25, 0.3) is 0 Å². The summed E-state index contributed by atoms with van der Waals surface area (Å²) in [6.07, 6.45) is -54.8. The van der Waals surface area contributed by atoms with Gasteiger partial charge in [-0.1, -0.05) is 84.9 Å². The first-order chi connectivity index (χ1) is 42.1. The van der Waals surface area contributed by atoms with Crippen LogP contribution in [0.15, 0.2) is 160 Å². The van der Waals surface area contributed by atoms with Crippen molar-refractivity contribution in [2.75, 3.05) is 61.0 Å². The average Bonchev–Trinajstić information content (AvgIpc) is 0.710. The fourth-order valence-corrected chi connectivity index (χ4v) is 11.7. The van der Waals surface area contributed by atoms with Crippen LogP contribution in [-0.4, -0.2) is 67.1 Å². The summed E-state index contributed by atoms with van der Waals surface area (Å²) in [6, 6.07) is 15.5. The zero-order valence-corrected chi connectivity index (χ0v) is 47.4. The Kier molecular flexibility index (Phi) is 22.5. The van der Waals surface area contributed by atoms with E-state index in [4.69, 9.17) is 28.4 Å². The molecule has 0 saturated carbocycles. The van der Waals surface area contributed by atoms with E-state index < -0.39 is 206 Å². The number of benzene rings is 7. The molecule has 7 aromatic rings. The van der Waals surface area contributed by atoms with Crippen molar-refractivity contribution < 1.29 is 134 Å². The summed E-state index contributed by atoms with van der Waals surface area (Å²) in [6.45, 7) is 2.91. The summed E-state index contributed by atoms with van der Waals surface area (Å²) < 4.78 is 375. The highest BCUT2D eigenvalue weighted by Crippen LogP contribution is 2.45. The van der Waals surface area contributed by atoms with E-state index >= 15 is 0 Å². The molecule has 0 bridgehead atoms. The van der Waals surface area contributed by atoms with Crippen molar-refractivity contribution in [3.8, 4) is 17.2 Å². The topological polar surface area (TPSA) is 55.4 Å². The predicted molar refractivity (Wildman–Crippen MR) is 284 cm³/mol. The van der Waals surface area contributed by atoms with Crippen LogP contribution in [0.1, 0.15) is 44.5 Å². The smallest absolute Gasteiger partial charge is 0.416 e. The van der Waals surface area contributed by atoms with Crippen molar-refractivity contribution in [3.05, 3.63) is 190 Å². The van der Waals surface area contributed by atoms with Gasteiger partial charge in [-0.3, -0.25) is 0 Å². The van der Waals surface area contributed by atoms with Crippen LogP contribution in [0.2, 0.25) is 0 Å². The maximum absolute atomic E-state index is 14.2.